The van der Waals surface area contributed by atoms with Crippen LogP contribution in [0.1, 0.15) is 32.1 Å². The molecule has 3 aromatic rings. The van der Waals surface area contributed by atoms with Crippen LogP contribution in [0, 0.1) is 0 Å². The van der Waals surface area contributed by atoms with Crippen molar-refractivity contribution in [1.82, 2.24) is 25.6 Å². The number of nitrogens with zero attached hydrogens (tertiary/aromatic N) is 2. The first kappa shape index (κ1) is 16.4. The topological polar surface area (TPSA) is 99.8 Å². The standard InChI is InChI=1S/C18H17N5O2/c24-17(20-10-13-5-2-1-3-6-13)15-16(23-12-22-15)18(25)21-11-14-7-4-8-19-9-14/h1-9,12H,10-11H2,(H,20,24)(H,21,25)(H,22,23). The Hall–Kier alpha value is -3.48. The van der Waals surface area contributed by atoms with Gasteiger partial charge in [0.1, 0.15) is 5.69 Å². The first-order chi connectivity index (χ1) is 12.2. The summed E-state index contributed by atoms with van der Waals surface area (Å²) < 4.78 is 0. The molecule has 126 valence electrons. The SMILES string of the molecule is O=C(NCc1ccccc1)c1nc[nH]c1C(=O)NCc1cccnc1. The molecular formula is C18H17N5O2. The number of carbonyl (C=O) groups is 2. The number of pyridine rings is 1. The van der Waals surface area contributed by atoms with Gasteiger partial charge in [-0.05, 0) is 17.2 Å². The molecule has 1 aromatic carbocycles. The van der Waals surface area contributed by atoms with Crippen molar-refractivity contribution in [2.75, 3.05) is 0 Å². The van der Waals surface area contributed by atoms with Crippen LogP contribution < -0.4 is 10.6 Å². The van der Waals surface area contributed by atoms with Gasteiger partial charge in [0, 0.05) is 25.5 Å². The van der Waals surface area contributed by atoms with E-state index < -0.39 is 11.8 Å². The molecule has 7 heteroatoms. The Bertz CT molecular complexity index is 776. The van der Waals surface area contributed by atoms with Crippen LogP contribution in [0.4, 0.5) is 0 Å². The zero-order valence-corrected chi connectivity index (χ0v) is 13.4. The number of benzene rings is 1. The number of aromatic amines is 1. The summed E-state index contributed by atoms with van der Waals surface area (Å²) >= 11 is 0. The second-order valence-electron chi connectivity index (χ2n) is 5.34. The van der Waals surface area contributed by atoms with Gasteiger partial charge in [-0.15, -0.1) is 0 Å². The number of imidazole rings is 1. The van der Waals surface area contributed by atoms with Crippen molar-refractivity contribution in [3.8, 4) is 0 Å². The van der Waals surface area contributed by atoms with E-state index in [1.165, 1.54) is 6.33 Å². The largest absolute Gasteiger partial charge is 0.347 e. The number of aromatic nitrogens is 3. The maximum atomic E-state index is 12.3. The van der Waals surface area contributed by atoms with Gasteiger partial charge < -0.3 is 15.6 Å². The number of hydrogen-bond donors (Lipinski definition) is 3. The van der Waals surface area contributed by atoms with Crippen molar-refractivity contribution < 1.29 is 9.59 Å². The molecule has 0 aliphatic rings. The summed E-state index contributed by atoms with van der Waals surface area (Å²) in [7, 11) is 0. The monoisotopic (exact) mass is 335 g/mol. The summed E-state index contributed by atoms with van der Waals surface area (Å²) in [6.07, 6.45) is 4.66. The molecule has 3 rings (SSSR count). The smallest absolute Gasteiger partial charge is 0.272 e. The van der Waals surface area contributed by atoms with E-state index in [0.29, 0.717) is 13.1 Å². The second-order valence-corrected chi connectivity index (χ2v) is 5.34. The highest BCUT2D eigenvalue weighted by Gasteiger charge is 2.19. The van der Waals surface area contributed by atoms with E-state index in [0.717, 1.165) is 11.1 Å². The fourth-order valence-corrected chi connectivity index (χ4v) is 2.27. The van der Waals surface area contributed by atoms with Gasteiger partial charge in [-0.2, -0.15) is 0 Å². The zero-order chi connectivity index (χ0) is 17.5. The molecule has 3 N–H and O–H groups in total. The van der Waals surface area contributed by atoms with Gasteiger partial charge in [0.2, 0.25) is 0 Å². The molecule has 25 heavy (non-hydrogen) atoms. The van der Waals surface area contributed by atoms with Gasteiger partial charge in [-0.25, -0.2) is 4.98 Å². The highest BCUT2D eigenvalue weighted by Crippen LogP contribution is 2.05. The summed E-state index contributed by atoms with van der Waals surface area (Å²) in [6.45, 7) is 0.681. The van der Waals surface area contributed by atoms with E-state index in [2.05, 4.69) is 25.6 Å². The lowest BCUT2D eigenvalue weighted by Gasteiger charge is -2.07. The summed E-state index contributed by atoms with van der Waals surface area (Å²) in [6, 6.07) is 13.2. The molecule has 7 nitrogen and oxygen atoms in total. The van der Waals surface area contributed by atoms with Crippen LogP contribution >= 0.6 is 0 Å². The third kappa shape index (κ3) is 4.29. The number of nitrogens with one attached hydrogen (secondary N) is 3. The van der Waals surface area contributed by atoms with E-state index >= 15 is 0 Å². The molecule has 0 saturated heterocycles. The first-order valence-electron chi connectivity index (χ1n) is 7.76. The summed E-state index contributed by atoms with van der Waals surface area (Å²) in [5.74, 6) is -0.803. The molecule has 0 spiro atoms. The van der Waals surface area contributed by atoms with Gasteiger partial charge in [0.25, 0.3) is 11.8 Å². The van der Waals surface area contributed by atoms with Crippen LogP contribution in [0.2, 0.25) is 0 Å². The van der Waals surface area contributed by atoms with Gasteiger partial charge in [-0.3, -0.25) is 14.6 Å². The minimum atomic E-state index is -0.406. The fourth-order valence-electron chi connectivity index (χ4n) is 2.27. The van der Waals surface area contributed by atoms with E-state index in [4.69, 9.17) is 0 Å². The Labute approximate surface area is 144 Å². The molecule has 2 amide bonds. The molecule has 0 saturated carbocycles. The van der Waals surface area contributed by atoms with E-state index in [9.17, 15) is 9.59 Å². The van der Waals surface area contributed by atoms with E-state index in [1.54, 1.807) is 18.5 Å². The lowest BCUT2D eigenvalue weighted by atomic mass is 10.2. The molecule has 2 aromatic heterocycles. The van der Waals surface area contributed by atoms with Crippen molar-refractivity contribution in [1.29, 1.82) is 0 Å². The molecule has 0 atom stereocenters. The van der Waals surface area contributed by atoms with Gasteiger partial charge in [0.05, 0.1) is 6.33 Å². The molecule has 0 unspecified atom stereocenters. The summed E-state index contributed by atoms with van der Waals surface area (Å²) in [5.41, 5.74) is 2.04. The summed E-state index contributed by atoms with van der Waals surface area (Å²) in [5, 5.41) is 5.50. The van der Waals surface area contributed by atoms with Crippen LogP contribution in [0.15, 0.2) is 61.2 Å². The average Bonchev–Trinajstić information content (AvgIpc) is 3.16. The molecule has 0 aliphatic carbocycles. The third-order valence-electron chi connectivity index (χ3n) is 3.55. The van der Waals surface area contributed by atoms with Crippen LogP contribution in [0.25, 0.3) is 0 Å². The Balaban J connectivity index is 1.61. The lowest BCUT2D eigenvalue weighted by molar-refractivity contribution is 0.0911. The minimum Gasteiger partial charge on any atom is -0.347 e. The zero-order valence-electron chi connectivity index (χ0n) is 13.4. The predicted molar refractivity (Wildman–Crippen MR) is 91.6 cm³/mol. The molecule has 2 heterocycles. The average molecular weight is 335 g/mol. The molecule has 0 radical (unpaired) electrons. The van der Waals surface area contributed by atoms with Crippen molar-refractivity contribution in [2.24, 2.45) is 0 Å². The first-order valence-corrected chi connectivity index (χ1v) is 7.76. The van der Waals surface area contributed by atoms with Crippen LogP contribution in [0.5, 0.6) is 0 Å². The minimum absolute atomic E-state index is 0.0691. The molecule has 0 fully saturated rings. The van der Waals surface area contributed by atoms with Crippen LogP contribution in [0.3, 0.4) is 0 Å². The molecule has 0 aliphatic heterocycles. The fraction of sp³-hybridized carbons (Fsp3) is 0.111. The van der Waals surface area contributed by atoms with Crippen LogP contribution in [-0.4, -0.2) is 26.8 Å². The van der Waals surface area contributed by atoms with Gasteiger partial charge >= 0.3 is 0 Å². The molecular weight excluding hydrogens is 318 g/mol. The number of rotatable bonds is 6. The Morgan fingerprint density at radius 1 is 0.920 bits per heavy atom. The van der Waals surface area contributed by atoms with Crippen molar-refractivity contribution in [3.05, 3.63) is 83.7 Å². The Morgan fingerprint density at radius 2 is 1.64 bits per heavy atom. The molecule has 0 bridgehead atoms. The normalized spacial score (nSPS) is 10.2. The van der Waals surface area contributed by atoms with Gasteiger partial charge in [0.15, 0.2) is 5.69 Å². The Morgan fingerprint density at radius 3 is 2.40 bits per heavy atom. The number of hydrogen-bond acceptors (Lipinski definition) is 4. The number of carbonyl (C=O) groups excluding carboxylic acids is 2. The number of amides is 2. The Kier molecular flexibility index (Phi) is 5.16. The van der Waals surface area contributed by atoms with Crippen molar-refractivity contribution in [2.45, 2.75) is 13.1 Å². The quantitative estimate of drug-likeness (QED) is 0.638. The highest BCUT2D eigenvalue weighted by molar-refractivity contribution is 6.04. The second kappa shape index (κ2) is 7.87. The summed E-state index contributed by atoms with van der Waals surface area (Å²) in [4.78, 5) is 35.3. The maximum Gasteiger partial charge on any atom is 0.272 e. The maximum absolute atomic E-state index is 12.3. The van der Waals surface area contributed by atoms with E-state index in [1.807, 2.05) is 36.4 Å². The van der Waals surface area contributed by atoms with Crippen molar-refractivity contribution >= 4 is 11.8 Å². The van der Waals surface area contributed by atoms with Crippen molar-refractivity contribution in [3.63, 3.8) is 0 Å². The van der Waals surface area contributed by atoms with Crippen LogP contribution in [-0.2, 0) is 13.1 Å². The van der Waals surface area contributed by atoms with Gasteiger partial charge in [-0.1, -0.05) is 36.4 Å². The number of H-pyrrole nitrogens is 1. The third-order valence-corrected chi connectivity index (χ3v) is 3.55. The predicted octanol–water partition coefficient (Wildman–Crippen LogP) is 1.66. The highest BCUT2D eigenvalue weighted by atomic mass is 16.2. The van der Waals surface area contributed by atoms with E-state index in [-0.39, 0.29) is 11.4 Å². The lowest BCUT2D eigenvalue weighted by Crippen LogP contribution is -2.29.